The highest BCUT2D eigenvalue weighted by Crippen LogP contribution is 2.33. The molecule has 34 heavy (non-hydrogen) atoms. The molecule has 9 nitrogen and oxygen atoms in total. The number of nitro benzene ring substituents is 1. The van der Waals surface area contributed by atoms with E-state index < -0.39 is 16.7 Å². The molecule has 0 fully saturated rings. The molecule has 0 saturated heterocycles. The summed E-state index contributed by atoms with van der Waals surface area (Å²) in [6.45, 7) is 1.95. The predicted molar refractivity (Wildman–Crippen MR) is 127 cm³/mol. The number of carbonyl (C=O) groups excluding carboxylic acids is 2. The Balaban J connectivity index is 1.92. The molecule has 0 amide bonds. The average Bonchev–Trinajstić information content (AvgIpc) is 2.87. The van der Waals surface area contributed by atoms with Crippen molar-refractivity contribution >= 4 is 28.8 Å². The quantitative estimate of drug-likeness (QED) is 0.0916. The predicted octanol–water partition coefficient (Wildman–Crippen LogP) is 5.98. The molecule has 0 aliphatic carbocycles. The van der Waals surface area contributed by atoms with Crippen molar-refractivity contribution in [1.29, 1.82) is 0 Å². The molecule has 0 saturated carbocycles. The molecule has 0 bridgehead atoms. The Kier molecular flexibility index (Phi) is 8.07. The molecule has 0 aliphatic rings. The van der Waals surface area contributed by atoms with E-state index in [9.17, 15) is 24.6 Å². The SMILES string of the molecule is CCCCC(=O)O/N=C(\C(=O)c1ccc(-c2ccc(N=O)cc2[N+](=O)[O-])cc1)c1ccccc1. The molecule has 0 heterocycles. The molecular formula is C25H21N3O6. The summed E-state index contributed by atoms with van der Waals surface area (Å²) >= 11 is 0. The second kappa shape index (κ2) is 11.4. The van der Waals surface area contributed by atoms with Crippen LogP contribution in [0.3, 0.4) is 0 Å². The lowest BCUT2D eigenvalue weighted by Gasteiger charge is -2.08. The Bertz CT molecular complexity index is 1240. The number of nitrogens with zero attached hydrogens (tertiary/aromatic N) is 3. The number of benzene rings is 3. The Hall–Kier alpha value is -4.53. The summed E-state index contributed by atoms with van der Waals surface area (Å²) in [5, 5.41) is 18.0. The molecule has 0 unspecified atom stereocenters. The van der Waals surface area contributed by atoms with Crippen LogP contribution in [0, 0.1) is 15.0 Å². The van der Waals surface area contributed by atoms with Crippen LogP contribution >= 0.6 is 0 Å². The van der Waals surface area contributed by atoms with Gasteiger partial charge in [0.2, 0.25) is 5.78 Å². The van der Waals surface area contributed by atoms with Gasteiger partial charge in [0, 0.05) is 23.6 Å². The van der Waals surface area contributed by atoms with Crippen LogP contribution in [-0.2, 0) is 9.63 Å². The molecule has 0 atom stereocenters. The fourth-order valence-corrected chi connectivity index (χ4v) is 3.19. The normalized spacial score (nSPS) is 11.0. The molecule has 9 heteroatoms. The molecule has 0 spiro atoms. The Morgan fingerprint density at radius 3 is 2.29 bits per heavy atom. The molecule has 3 aromatic carbocycles. The molecular weight excluding hydrogens is 438 g/mol. The van der Waals surface area contributed by atoms with Gasteiger partial charge in [0.1, 0.15) is 5.69 Å². The van der Waals surface area contributed by atoms with E-state index in [4.69, 9.17) is 4.84 Å². The van der Waals surface area contributed by atoms with Crippen LogP contribution in [0.15, 0.2) is 83.1 Å². The summed E-state index contributed by atoms with van der Waals surface area (Å²) in [5.74, 6) is -1.00. The summed E-state index contributed by atoms with van der Waals surface area (Å²) in [4.78, 5) is 51.6. The monoisotopic (exact) mass is 459 g/mol. The second-order valence-electron chi connectivity index (χ2n) is 7.33. The lowest BCUT2D eigenvalue weighted by atomic mass is 9.97. The first-order valence-electron chi connectivity index (χ1n) is 10.5. The van der Waals surface area contributed by atoms with E-state index in [1.807, 2.05) is 6.92 Å². The molecule has 3 aromatic rings. The first-order chi connectivity index (χ1) is 16.4. The van der Waals surface area contributed by atoms with Gasteiger partial charge < -0.3 is 4.84 Å². The lowest BCUT2D eigenvalue weighted by Crippen LogP contribution is -2.17. The minimum Gasteiger partial charge on any atom is -0.318 e. The van der Waals surface area contributed by atoms with E-state index in [1.165, 1.54) is 24.3 Å². The van der Waals surface area contributed by atoms with Gasteiger partial charge in [-0.05, 0) is 29.3 Å². The van der Waals surface area contributed by atoms with Crippen molar-refractivity contribution in [2.45, 2.75) is 26.2 Å². The van der Waals surface area contributed by atoms with Crippen LogP contribution in [0.5, 0.6) is 0 Å². The van der Waals surface area contributed by atoms with Crippen LogP contribution < -0.4 is 0 Å². The van der Waals surface area contributed by atoms with E-state index in [0.717, 1.165) is 12.5 Å². The van der Waals surface area contributed by atoms with E-state index in [0.29, 0.717) is 17.5 Å². The average molecular weight is 459 g/mol. The zero-order valence-electron chi connectivity index (χ0n) is 18.3. The Morgan fingerprint density at radius 1 is 0.971 bits per heavy atom. The number of Topliss-reactive ketones (excluding diaryl/α,β-unsaturated/α-hetero) is 1. The highest BCUT2D eigenvalue weighted by molar-refractivity contribution is 6.51. The molecule has 3 rings (SSSR count). The van der Waals surface area contributed by atoms with Crippen molar-refractivity contribution < 1.29 is 19.3 Å². The van der Waals surface area contributed by atoms with Crippen LogP contribution in [0.25, 0.3) is 11.1 Å². The number of nitro groups is 1. The van der Waals surface area contributed by atoms with Gasteiger partial charge in [-0.2, -0.15) is 0 Å². The number of ketones is 1. The van der Waals surface area contributed by atoms with E-state index in [2.05, 4.69) is 10.3 Å². The number of carbonyl (C=O) groups is 2. The first kappa shape index (κ1) is 24.1. The van der Waals surface area contributed by atoms with Crippen molar-refractivity contribution in [1.82, 2.24) is 0 Å². The van der Waals surface area contributed by atoms with E-state index >= 15 is 0 Å². The van der Waals surface area contributed by atoms with E-state index in [-0.39, 0.29) is 34.6 Å². The minimum absolute atomic E-state index is 0.0365. The summed E-state index contributed by atoms with van der Waals surface area (Å²) in [7, 11) is 0. The van der Waals surface area contributed by atoms with Crippen molar-refractivity contribution in [2.75, 3.05) is 0 Å². The van der Waals surface area contributed by atoms with Crippen LogP contribution in [0.4, 0.5) is 11.4 Å². The fraction of sp³-hybridized carbons (Fsp3) is 0.160. The minimum atomic E-state index is -0.601. The van der Waals surface area contributed by atoms with Gasteiger partial charge >= 0.3 is 5.97 Å². The summed E-state index contributed by atoms with van der Waals surface area (Å²) < 4.78 is 0. The maximum atomic E-state index is 13.2. The largest absolute Gasteiger partial charge is 0.335 e. The van der Waals surface area contributed by atoms with Crippen molar-refractivity contribution in [3.05, 3.63) is 98.9 Å². The van der Waals surface area contributed by atoms with Gasteiger partial charge in [-0.15, -0.1) is 4.91 Å². The first-order valence-corrected chi connectivity index (χ1v) is 10.5. The Morgan fingerprint density at radius 2 is 1.68 bits per heavy atom. The van der Waals surface area contributed by atoms with Gasteiger partial charge in [-0.25, -0.2) is 4.79 Å². The van der Waals surface area contributed by atoms with Crippen molar-refractivity contribution in [2.24, 2.45) is 10.3 Å². The standard InChI is InChI=1S/C25H21N3O6/c1-2-3-9-23(29)34-27-24(18-7-5-4-6-8-18)25(30)19-12-10-17(11-13-19)21-15-14-20(26-31)16-22(21)28(32)33/h4-8,10-16H,2-3,9H2,1H3/b27-24-. The fourth-order valence-electron chi connectivity index (χ4n) is 3.19. The number of nitroso groups, excluding NO2 is 1. The molecule has 0 radical (unpaired) electrons. The topological polar surface area (TPSA) is 128 Å². The van der Waals surface area contributed by atoms with Crippen LogP contribution in [0.2, 0.25) is 0 Å². The Labute approximate surface area is 195 Å². The van der Waals surface area contributed by atoms with E-state index in [1.54, 1.807) is 42.5 Å². The third-order valence-corrected chi connectivity index (χ3v) is 4.98. The van der Waals surface area contributed by atoms with Crippen molar-refractivity contribution in [3.8, 4) is 11.1 Å². The number of unbranched alkanes of at least 4 members (excludes halogenated alkanes) is 1. The van der Waals surface area contributed by atoms with Crippen LogP contribution in [0.1, 0.15) is 42.1 Å². The zero-order chi connectivity index (χ0) is 24.5. The maximum Gasteiger partial charge on any atom is 0.335 e. The van der Waals surface area contributed by atoms with Gasteiger partial charge in [0.05, 0.1) is 10.5 Å². The third kappa shape index (κ3) is 5.83. The van der Waals surface area contributed by atoms with Crippen molar-refractivity contribution in [3.63, 3.8) is 0 Å². The number of oxime groups is 1. The van der Waals surface area contributed by atoms with Gasteiger partial charge in [0.15, 0.2) is 5.71 Å². The number of hydrogen-bond acceptors (Lipinski definition) is 8. The smallest absolute Gasteiger partial charge is 0.318 e. The summed E-state index contributed by atoms with van der Waals surface area (Å²) in [6, 6.07) is 18.6. The maximum absolute atomic E-state index is 13.2. The van der Waals surface area contributed by atoms with Crippen LogP contribution in [-0.4, -0.2) is 22.4 Å². The molecule has 0 aliphatic heterocycles. The zero-order valence-corrected chi connectivity index (χ0v) is 18.3. The number of rotatable bonds is 10. The van der Waals surface area contributed by atoms with Gasteiger partial charge in [0.25, 0.3) is 5.69 Å². The lowest BCUT2D eigenvalue weighted by molar-refractivity contribution is -0.384. The molecule has 172 valence electrons. The number of hydrogen-bond donors (Lipinski definition) is 0. The third-order valence-electron chi connectivity index (χ3n) is 4.98. The molecule has 0 N–H and O–H groups in total. The van der Waals surface area contributed by atoms with Gasteiger partial charge in [-0.3, -0.25) is 14.9 Å². The highest BCUT2D eigenvalue weighted by atomic mass is 16.7. The summed E-state index contributed by atoms with van der Waals surface area (Å²) in [5.41, 5.74) is 1.12. The second-order valence-corrected chi connectivity index (χ2v) is 7.33. The highest BCUT2D eigenvalue weighted by Gasteiger charge is 2.20. The molecule has 0 aromatic heterocycles. The van der Waals surface area contributed by atoms with Gasteiger partial charge in [-0.1, -0.05) is 73.1 Å². The summed E-state index contributed by atoms with van der Waals surface area (Å²) in [6.07, 6.45) is 1.67.